The van der Waals surface area contributed by atoms with Crippen molar-refractivity contribution in [2.75, 3.05) is 0 Å². The van der Waals surface area contributed by atoms with Gasteiger partial charge in [0.25, 0.3) is 5.91 Å². The number of carbonyl (C=O) groups is 1. The highest BCUT2D eigenvalue weighted by atomic mass is 19.3. The zero-order chi connectivity index (χ0) is 18.9. The molecule has 1 aliphatic rings. The quantitative estimate of drug-likeness (QED) is 0.758. The van der Waals surface area contributed by atoms with Crippen LogP contribution in [0.15, 0.2) is 30.5 Å². The summed E-state index contributed by atoms with van der Waals surface area (Å²) in [4.78, 5) is 22.6. The zero-order valence-electron chi connectivity index (χ0n) is 13.8. The van der Waals surface area contributed by atoms with E-state index in [4.69, 9.17) is 0 Å². The fourth-order valence-electron chi connectivity index (χ4n) is 2.60. The Morgan fingerprint density at radius 1 is 1.31 bits per heavy atom. The molecule has 5 nitrogen and oxygen atoms in total. The molecular weight excluding hydrogens is 354 g/mol. The molecule has 1 aromatic carbocycles. The summed E-state index contributed by atoms with van der Waals surface area (Å²) < 4.78 is 55.4. The van der Waals surface area contributed by atoms with Crippen molar-refractivity contribution in [2.45, 2.75) is 39.0 Å². The van der Waals surface area contributed by atoms with Gasteiger partial charge in [0, 0.05) is 24.7 Å². The highest BCUT2D eigenvalue weighted by Crippen LogP contribution is 2.31. The van der Waals surface area contributed by atoms with Crippen molar-refractivity contribution in [3.63, 3.8) is 0 Å². The Balaban J connectivity index is 1.83. The SMILES string of the molecule is CCc1ncc2c(n1)CN(C(=O)c1ccccc1OC(F)(F)C(F)F)C2. The van der Waals surface area contributed by atoms with E-state index in [2.05, 4.69) is 14.7 Å². The van der Waals surface area contributed by atoms with Crippen LogP contribution in [0.25, 0.3) is 0 Å². The van der Waals surface area contributed by atoms with Gasteiger partial charge < -0.3 is 9.64 Å². The first-order valence-electron chi connectivity index (χ1n) is 7.88. The predicted molar refractivity (Wildman–Crippen MR) is 83.0 cm³/mol. The van der Waals surface area contributed by atoms with Gasteiger partial charge >= 0.3 is 12.5 Å². The van der Waals surface area contributed by atoms with Crippen molar-refractivity contribution in [3.05, 3.63) is 53.1 Å². The first kappa shape index (κ1) is 18.1. The van der Waals surface area contributed by atoms with Crippen molar-refractivity contribution < 1.29 is 27.1 Å². The Hall–Kier alpha value is -2.71. The molecule has 3 rings (SSSR count). The summed E-state index contributed by atoms with van der Waals surface area (Å²) in [5, 5.41) is 0. The van der Waals surface area contributed by atoms with Crippen molar-refractivity contribution in [3.8, 4) is 5.75 Å². The molecule has 0 unspecified atom stereocenters. The average molecular weight is 369 g/mol. The van der Waals surface area contributed by atoms with Crippen molar-refractivity contribution in [1.29, 1.82) is 0 Å². The van der Waals surface area contributed by atoms with Crippen LogP contribution in [0.5, 0.6) is 5.75 Å². The summed E-state index contributed by atoms with van der Waals surface area (Å²) in [5.41, 5.74) is 1.22. The molecule has 0 bridgehead atoms. The number of halogens is 4. The lowest BCUT2D eigenvalue weighted by Crippen LogP contribution is -2.34. The van der Waals surface area contributed by atoms with E-state index in [0.29, 0.717) is 17.9 Å². The minimum absolute atomic E-state index is 0.184. The number of carbonyl (C=O) groups excluding carboxylic acids is 1. The molecule has 138 valence electrons. The molecule has 1 aromatic heterocycles. The van der Waals surface area contributed by atoms with Crippen LogP contribution in [0.3, 0.4) is 0 Å². The van der Waals surface area contributed by atoms with Crippen molar-refractivity contribution >= 4 is 5.91 Å². The predicted octanol–water partition coefficient (Wildman–Crippen LogP) is 3.43. The summed E-state index contributed by atoms with van der Waals surface area (Å²) in [6, 6.07) is 5.08. The van der Waals surface area contributed by atoms with Crippen LogP contribution in [0, 0.1) is 0 Å². The fraction of sp³-hybridized carbons (Fsp3) is 0.353. The number of hydrogen-bond donors (Lipinski definition) is 0. The first-order valence-corrected chi connectivity index (χ1v) is 7.88. The number of hydrogen-bond acceptors (Lipinski definition) is 4. The molecule has 0 aliphatic carbocycles. The first-order chi connectivity index (χ1) is 12.3. The fourth-order valence-corrected chi connectivity index (χ4v) is 2.60. The second-order valence-corrected chi connectivity index (χ2v) is 5.73. The molecule has 0 fully saturated rings. The normalized spacial score (nSPS) is 13.8. The van der Waals surface area contributed by atoms with E-state index in [-0.39, 0.29) is 18.7 Å². The summed E-state index contributed by atoms with van der Waals surface area (Å²) in [7, 11) is 0. The minimum atomic E-state index is -4.69. The standard InChI is InChI=1S/C17H15F4N3O2/c1-2-14-22-7-10-8-24(9-12(10)23-14)15(25)11-5-3-4-6-13(11)26-17(20,21)16(18)19/h3-7,16H,2,8-9H2,1H3. The van der Waals surface area contributed by atoms with Crippen LogP contribution >= 0.6 is 0 Å². The van der Waals surface area contributed by atoms with Crippen LogP contribution in [0.1, 0.15) is 34.4 Å². The van der Waals surface area contributed by atoms with Gasteiger partial charge in [-0.1, -0.05) is 19.1 Å². The third-order valence-corrected chi connectivity index (χ3v) is 3.93. The number of rotatable bonds is 5. The molecule has 0 saturated heterocycles. The monoisotopic (exact) mass is 369 g/mol. The lowest BCUT2D eigenvalue weighted by Gasteiger charge is -2.21. The Morgan fingerprint density at radius 2 is 2.04 bits per heavy atom. The molecular formula is C17H15F4N3O2. The number of ether oxygens (including phenoxy) is 1. The lowest BCUT2D eigenvalue weighted by molar-refractivity contribution is -0.253. The second kappa shape index (κ2) is 6.89. The van der Waals surface area contributed by atoms with Gasteiger partial charge in [-0.2, -0.15) is 17.6 Å². The van der Waals surface area contributed by atoms with Gasteiger partial charge in [-0.05, 0) is 12.1 Å². The Bertz CT molecular complexity index is 829. The van der Waals surface area contributed by atoms with Gasteiger partial charge in [0.05, 0.1) is 17.8 Å². The molecule has 2 aromatic rings. The van der Waals surface area contributed by atoms with Gasteiger partial charge in [-0.25, -0.2) is 9.97 Å². The van der Waals surface area contributed by atoms with Gasteiger partial charge in [0.1, 0.15) is 11.6 Å². The van der Waals surface area contributed by atoms with Crippen molar-refractivity contribution in [2.24, 2.45) is 0 Å². The van der Waals surface area contributed by atoms with Gasteiger partial charge in [0.15, 0.2) is 0 Å². The van der Waals surface area contributed by atoms with E-state index in [0.717, 1.165) is 11.6 Å². The number of amides is 1. The Labute approximate surface area is 146 Å². The number of alkyl halides is 4. The van der Waals surface area contributed by atoms with E-state index in [1.807, 2.05) is 6.92 Å². The average Bonchev–Trinajstić information content (AvgIpc) is 3.04. The topological polar surface area (TPSA) is 55.3 Å². The van der Waals surface area contributed by atoms with Gasteiger partial charge in [0.2, 0.25) is 0 Å². The molecule has 0 atom stereocenters. The molecule has 1 aliphatic heterocycles. The molecule has 0 radical (unpaired) electrons. The summed E-state index contributed by atoms with van der Waals surface area (Å²) in [6.07, 6.45) is -6.43. The second-order valence-electron chi connectivity index (χ2n) is 5.73. The molecule has 9 heteroatoms. The maximum absolute atomic E-state index is 13.2. The van der Waals surface area contributed by atoms with Crippen LogP contribution in [-0.2, 0) is 19.5 Å². The van der Waals surface area contributed by atoms with Gasteiger partial charge in [-0.3, -0.25) is 4.79 Å². The van der Waals surface area contributed by atoms with E-state index >= 15 is 0 Å². The molecule has 2 heterocycles. The maximum Gasteiger partial charge on any atom is 0.461 e. The van der Waals surface area contributed by atoms with E-state index in [1.165, 1.54) is 23.1 Å². The van der Waals surface area contributed by atoms with E-state index < -0.39 is 24.2 Å². The number of aromatic nitrogens is 2. The Morgan fingerprint density at radius 3 is 2.73 bits per heavy atom. The van der Waals surface area contributed by atoms with Crippen molar-refractivity contribution in [1.82, 2.24) is 14.9 Å². The third kappa shape index (κ3) is 3.47. The number of fused-ring (bicyclic) bond motifs is 1. The lowest BCUT2D eigenvalue weighted by atomic mass is 10.1. The highest BCUT2D eigenvalue weighted by molar-refractivity contribution is 5.97. The van der Waals surface area contributed by atoms with Gasteiger partial charge in [-0.15, -0.1) is 0 Å². The van der Waals surface area contributed by atoms with Crippen LogP contribution < -0.4 is 4.74 Å². The number of benzene rings is 1. The van der Waals surface area contributed by atoms with Crippen LogP contribution in [0.4, 0.5) is 17.6 Å². The Kier molecular flexibility index (Phi) is 4.80. The number of para-hydroxylation sites is 1. The zero-order valence-corrected chi connectivity index (χ0v) is 13.8. The molecule has 26 heavy (non-hydrogen) atoms. The smallest absolute Gasteiger partial charge is 0.427 e. The highest BCUT2D eigenvalue weighted by Gasteiger charge is 2.44. The molecule has 0 N–H and O–H groups in total. The summed E-state index contributed by atoms with van der Waals surface area (Å²) in [5.74, 6) is -0.570. The minimum Gasteiger partial charge on any atom is -0.427 e. The maximum atomic E-state index is 13.2. The molecule has 0 spiro atoms. The molecule has 0 saturated carbocycles. The largest absolute Gasteiger partial charge is 0.461 e. The number of aryl methyl sites for hydroxylation is 1. The van der Waals surface area contributed by atoms with Crippen LogP contribution in [0.2, 0.25) is 0 Å². The molecule has 1 amide bonds. The van der Waals surface area contributed by atoms with Crippen LogP contribution in [-0.4, -0.2) is 33.3 Å². The van der Waals surface area contributed by atoms with E-state index in [9.17, 15) is 22.4 Å². The number of nitrogens with zero attached hydrogens (tertiary/aromatic N) is 3. The third-order valence-electron chi connectivity index (χ3n) is 3.93. The van der Waals surface area contributed by atoms with E-state index in [1.54, 1.807) is 6.20 Å². The summed E-state index contributed by atoms with van der Waals surface area (Å²) in [6.45, 7) is 2.29. The summed E-state index contributed by atoms with van der Waals surface area (Å²) >= 11 is 0.